The minimum Gasteiger partial charge on any atom is -0.507 e. The maximum atomic E-state index is 13.7. The van der Waals surface area contributed by atoms with Crippen molar-refractivity contribution in [1.82, 2.24) is 10.2 Å². The molecular formula is C12H16Cl2F4N2O. The normalized spacial score (nSPS) is 17.0. The molecule has 0 bridgehead atoms. The van der Waals surface area contributed by atoms with Crippen molar-refractivity contribution in [2.24, 2.45) is 0 Å². The van der Waals surface area contributed by atoms with Gasteiger partial charge in [-0.05, 0) is 0 Å². The van der Waals surface area contributed by atoms with Crippen LogP contribution in [0.5, 0.6) is 5.75 Å². The van der Waals surface area contributed by atoms with Gasteiger partial charge in [0.05, 0.1) is 5.56 Å². The molecule has 1 fully saturated rings. The number of piperazine rings is 1. The Balaban J connectivity index is 0.00000200. The highest BCUT2D eigenvalue weighted by molar-refractivity contribution is 5.85. The van der Waals surface area contributed by atoms with Crippen LogP contribution in [0, 0.1) is 11.6 Å². The zero-order chi connectivity index (χ0) is 14.0. The van der Waals surface area contributed by atoms with Crippen LogP contribution >= 0.6 is 24.8 Å². The van der Waals surface area contributed by atoms with Crippen molar-refractivity contribution in [1.29, 1.82) is 0 Å². The molecule has 2 rings (SSSR count). The van der Waals surface area contributed by atoms with Gasteiger partial charge in [-0.2, -0.15) is 0 Å². The largest absolute Gasteiger partial charge is 0.507 e. The summed E-state index contributed by atoms with van der Waals surface area (Å²) in [7, 11) is 0. The first-order chi connectivity index (χ1) is 9.00. The van der Waals surface area contributed by atoms with E-state index in [9.17, 15) is 22.7 Å². The molecule has 0 saturated carbocycles. The van der Waals surface area contributed by atoms with Gasteiger partial charge in [-0.1, -0.05) is 0 Å². The Hall–Kier alpha value is -0.760. The standard InChI is InChI=1S/C12H14F4N2O.2ClH/c13-7-5-8(14)10(9(19)6-7)11(12(15)16)18-3-1-17-2-4-18;;/h5-6,11-12,17,19H,1-4H2;2*1H/t11-;;/m0../s1. The summed E-state index contributed by atoms with van der Waals surface area (Å²) in [5.74, 6) is -2.92. The Kier molecular flexibility index (Phi) is 8.31. The van der Waals surface area contributed by atoms with E-state index in [1.807, 2.05) is 0 Å². The second kappa shape index (κ2) is 8.63. The maximum Gasteiger partial charge on any atom is 0.258 e. The number of nitrogens with zero attached hydrogens (tertiary/aromatic N) is 1. The zero-order valence-corrected chi connectivity index (χ0v) is 12.5. The molecule has 3 nitrogen and oxygen atoms in total. The molecule has 1 saturated heterocycles. The molecule has 1 atom stereocenters. The number of rotatable bonds is 3. The molecule has 1 aromatic carbocycles. The van der Waals surface area contributed by atoms with Gasteiger partial charge in [-0.3, -0.25) is 4.90 Å². The third-order valence-electron chi connectivity index (χ3n) is 3.15. The molecule has 0 amide bonds. The third kappa shape index (κ3) is 4.60. The predicted octanol–water partition coefficient (Wildman–Crippen LogP) is 2.73. The smallest absolute Gasteiger partial charge is 0.258 e. The second-order valence-corrected chi connectivity index (χ2v) is 4.39. The Labute approximate surface area is 132 Å². The highest BCUT2D eigenvalue weighted by atomic mass is 35.5. The summed E-state index contributed by atoms with van der Waals surface area (Å²) in [4.78, 5) is 1.39. The van der Waals surface area contributed by atoms with E-state index in [1.54, 1.807) is 0 Å². The average Bonchev–Trinajstić information content (AvgIpc) is 2.34. The lowest BCUT2D eigenvalue weighted by Gasteiger charge is -2.34. The molecule has 1 aliphatic rings. The summed E-state index contributed by atoms with van der Waals surface area (Å²) >= 11 is 0. The predicted molar refractivity (Wildman–Crippen MR) is 75.7 cm³/mol. The van der Waals surface area contributed by atoms with Gasteiger partial charge in [0.15, 0.2) is 0 Å². The number of alkyl halides is 2. The van der Waals surface area contributed by atoms with Gasteiger partial charge in [0, 0.05) is 38.3 Å². The van der Waals surface area contributed by atoms with Crippen molar-refractivity contribution in [3.63, 3.8) is 0 Å². The lowest BCUT2D eigenvalue weighted by molar-refractivity contribution is 0.0151. The summed E-state index contributed by atoms with van der Waals surface area (Å²) in [6.07, 6.45) is -2.87. The third-order valence-corrected chi connectivity index (χ3v) is 3.15. The van der Waals surface area contributed by atoms with Crippen LogP contribution in [0.2, 0.25) is 0 Å². The van der Waals surface area contributed by atoms with Crippen molar-refractivity contribution in [3.05, 3.63) is 29.3 Å². The Morgan fingerprint density at radius 3 is 2.14 bits per heavy atom. The molecule has 122 valence electrons. The SMILES string of the molecule is Cl.Cl.Oc1cc(F)cc(F)c1[C@@H](C(F)F)N1CCNCC1. The van der Waals surface area contributed by atoms with Gasteiger partial charge in [-0.15, -0.1) is 24.8 Å². The fourth-order valence-corrected chi connectivity index (χ4v) is 2.29. The lowest BCUT2D eigenvalue weighted by atomic mass is 10.0. The van der Waals surface area contributed by atoms with Crippen LogP contribution in [0.15, 0.2) is 12.1 Å². The van der Waals surface area contributed by atoms with E-state index in [0.717, 1.165) is 0 Å². The van der Waals surface area contributed by atoms with Gasteiger partial charge in [0.2, 0.25) is 0 Å². The number of hydrogen-bond donors (Lipinski definition) is 2. The highest BCUT2D eigenvalue weighted by Gasteiger charge is 2.34. The molecule has 0 radical (unpaired) electrons. The van der Waals surface area contributed by atoms with E-state index in [1.165, 1.54) is 4.90 Å². The molecule has 0 unspecified atom stereocenters. The number of phenolic OH excluding ortho intramolecular Hbond substituents is 1. The van der Waals surface area contributed by atoms with Gasteiger partial charge in [-0.25, -0.2) is 17.6 Å². The fourth-order valence-electron chi connectivity index (χ4n) is 2.29. The summed E-state index contributed by atoms with van der Waals surface area (Å²) in [5.41, 5.74) is -0.543. The zero-order valence-electron chi connectivity index (χ0n) is 10.9. The summed E-state index contributed by atoms with van der Waals surface area (Å²) in [6.45, 7) is 1.64. The van der Waals surface area contributed by atoms with Crippen LogP contribution in [-0.2, 0) is 0 Å². The number of hydrogen-bond acceptors (Lipinski definition) is 3. The summed E-state index contributed by atoms with van der Waals surface area (Å²) in [6, 6.07) is -0.412. The maximum absolute atomic E-state index is 13.7. The van der Waals surface area contributed by atoms with Crippen LogP contribution in [-0.4, -0.2) is 42.6 Å². The molecular weight excluding hydrogens is 335 g/mol. The second-order valence-electron chi connectivity index (χ2n) is 4.39. The van der Waals surface area contributed by atoms with E-state index in [-0.39, 0.29) is 24.8 Å². The molecule has 0 aromatic heterocycles. The van der Waals surface area contributed by atoms with Crippen molar-refractivity contribution in [3.8, 4) is 5.75 Å². The first kappa shape index (κ1) is 20.2. The lowest BCUT2D eigenvalue weighted by Crippen LogP contribution is -2.47. The van der Waals surface area contributed by atoms with Crippen molar-refractivity contribution < 1.29 is 22.7 Å². The van der Waals surface area contributed by atoms with Crippen LogP contribution < -0.4 is 5.32 Å². The van der Waals surface area contributed by atoms with Crippen LogP contribution in [0.3, 0.4) is 0 Å². The highest BCUT2D eigenvalue weighted by Crippen LogP contribution is 2.36. The Morgan fingerprint density at radius 2 is 1.67 bits per heavy atom. The minimum absolute atomic E-state index is 0. The Bertz CT molecular complexity index is 436. The van der Waals surface area contributed by atoms with Crippen molar-refractivity contribution in [2.45, 2.75) is 12.5 Å². The van der Waals surface area contributed by atoms with E-state index < -0.39 is 35.4 Å². The van der Waals surface area contributed by atoms with E-state index >= 15 is 0 Å². The fraction of sp³-hybridized carbons (Fsp3) is 0.500. The van der Waals surface area contributed by atoms with Gasteiger partial charge in [0.1, 0.15) is 23.4 Å². The van der Waals surface area contributed by atoms with Crippen LogP contribution in [0.25, 0.3) is 0 Å². The number of halogens is 6. The van der Waals surface area contributed by atoms with E-state index in [2.05, 4.69) is 5.32 Å². The summed E-state index contributed by atoms with van der Waals surface area (Å²) in [5, 5.41) is 12.6. The van der Waals surface area contributed by atoms with Crippen molar-refractivity contribution >= 4 is 24.8 Å². The molecule has 21 heavy (non-hydrogen) atoms. The van der Waals surface area contributed by atoms with Gasteiger partial charge < -0.3 is 10.4 Å². The number of benzene rings is 1. The molecule has 0 aliphatic carbocycles. The average molecular weight is 351 g/mol. The quantitative estimate of drug-likeness (QED) is 0.823. The van der Waals surface area contributed by atoms with Gasteiger partial charge in [0.25, 0.3) is 6.43 Å². The topological polar surface area (TPSA) is 35.5 Å². The van der Waals surface area contributed by atoms with Crippen molar-refractivity contribution in [2.75, 3.05) is 26.2 Å². The molecule has 2 N–H and O–H groups in total. The Morgan fingerprint density at radius 1 is 1.10 bits per heavy atom. The van der Waals surface area contributed by atoms with Crippen LogP contribution in [0.4, 0.5) is 17.6 Å². The number of phenols is 1. The molecule has 9 heteroatoms. The molecule has 1 aliphatic heterocycles. The van der Waals surface area contributed by atoms with E-state index in [0.29, 0.717) is 38.3 Å². The summed E-state index contributed by atoms with van der Waals surface area (Å²) < 4.78 is 53.0. The molecule has 1 heterocycles. The number of aromatic hydroxyl groups is 1. The first-order valence-corrected chi connectivity index (χ1v) is 5.91. The first-order valence-electron chi connectivity index (χ1n) is 5.91. The molecule has 1 aromatic rings. The van der Waals surface area contributed by atoms with E-state index in [4.69, 9.17) is 0 Å². The minimum atomic E-state index is -2.87. The number of nitrogens with one attached hydrogen (secondary N) is 1. The monoisotopic (exact) mass is 350 g/mol. The molecule has 0 spiro atoms. The van der Waals surface area contributed by atoms with Crippen LogP contribution in [0.1, 0.15) is 11.6 Å². The van der Waals surface area contributed by atoms with Gasteiger partial charge >= 0.3 is 0 Å².